The number of carbonyl (C=O) groups excluding carboxylic acids is 2. The number of aromatic nitrogens is 2. The number of Topliss-reactive ketones (excluding diaryl/α,β-unsaturated/α-hetero) is 1. The van der Waals surface area contributed by atoms with Crippen molar-refractivity contribution in [3.05, 3.63) is 52.6 Å². The summed E-state index contributed by atoms with van der Waals surface area (Å²) in [6.45, 7) is 1.55. The Balaban J connectivity index is 2.14. The maximum absolute atomic E-state index is 11.9. The van der Waals surface area contributed by atoms with Gasteiger partial charge in [0.25, 0.3) is 5.69 Å². The lowest BCUT2D eigenvalue weighted by molar-refractivity contribution is -0.384. The second-order valence-corrected chi connectivity index (χ2v) is 4.87. The Morgan fingerprint density at radius 1 is 1.39 bits per heavy atom. The van der Waals surface area contributed by atoms with Crippen LogP contribution in [-0.4, -0.2) is 32.8 Å². The predicted molar refractivity (Wildman–Crippen MR) is 80.4 cm³/mol. The van der Waals surface area contributed by atoms with Crippen LogP contribution >= 0.6 is 0 Å². The van der Waals surface area contributed by atoms with Crippen molar-refractivity contribution in [2.24, 2.45) is 0 Å². The van der Waals surface area contributed by atoms with E-state index in [1.807, 2.05) is 0 Å². The third-order valence-corrected chi connectivity index (χ3v) is 3.10. The number of imidazole rings is 1. The van der Waals surface area contributed by atoms with E-state index in [9.17, 15) is 19.7 Å². The molecule has 0 bridgehead atoms. The first-order valence-electron chi connectivity index (χ1n) is 6.92. The molecule has 0 unspecified atom stereocenters. The molecule has 120 valence electrons. The summed E-state index contributed by atoms with van der Waals surface area (Å²) in [5.41, 5.74) is 0.171. The van der Waals surface area contributed by atoms with Crippen LogP contribution < -0.4 is 0 Å². The topological polar surface area (TPSA) is 104 Å². The van der Waals surface area contributed by atoms with E-state index in [2.05, 4.69) is 4.98 Å². The quantitative estimate of drug-likeness (QED) is 0.336. The number of ether oxygens (including phenoxy) is 1. The number of esters is 1. The molecular weight excluding hydrogens is 302 g/mol. The normalized spacial score (nSPS) is 10.3. The summed E-state index contributed by atoms with van der Waals surface area (Å²) in [6.07, 6.45) is 5.26. The minimum Gasteiger partial charge on any atom is -0.462 e. The van der Waals surface area contributed by atoms with Crippen LogP contribution in [0.25, 0.3) is 5.69 Å². The summed E-state index contributed by atoms with van der Waals surface area (Å²) >= 11 is 0. The van der Waals surface area contributed by atoms with Gasteiger partial charge in [0, 0.05) is 24.9 Å². The van der Waals surface area contributed by atoms with Crippen LogP contribution in [0.3, 0.4) is 0 Å². The van der Waals surface area contributed by atoms with Gasteiger partial charge in [-0.3, -0.25) is 10.1 Å². The fourth-order valence-corrected chi connectivity index (χ4v) is 1.99. The number of hydrogen-bond donors (Lipinski definition) is 0. The molecule has 0 amide bonds. The molecule has 0 spiro atoms. The van der Waals surface area contributed by atoms with Crippen molar-refractivity contribution in [1.29, 1.82) is 0 Å². The van der Waals surface area contributed by atoms with Crippen molar-refractivity contribution < 1.29 is 19.2 Å². The van der Waals surface area contributed by atoms with Crippen LogP contribution in [-0.2, 0) is 9.53 Å². The van der Waals surface area contributed by atoms with Gasteiger partial charge in [0.2, 0.25) is 0 Å². The fourth-order valence-electron chi connectivity index (χ4n) is 1.99. The molecule has 2 rings (SSSR count). The lowest BCUT2D eigenvalue weighted by Crippen LogP contribution is -2.09. The molecule has 1 aromatic carbocycles. The lowest BCUT2D eigenvalue weighted by atomic mass is 10.1. The Kier molecular flexibility index (Phi) is 5.19. The lowest BCUT2D eigenvalue weighted by Gasteiger charge is -2.07. The van der Waals surface area contributed by atoms with Gasteiger partial charge in [-0.1, -0.05) is 0 Å². The molecule has 0 saturated heterocycles. The van der Waals surface area contributed by atoms with Gasteiger partial charge in [0.1, 0.15) is 11.5 Å². The number of ketones is 1. The largest absolute Gasteiger partial charge is 0.462 e. The molecule has 0 saturated carbocycles. The van der Waals surface area contributed by atoms with Crippen LogP contribution in [0.4, 0.5) is 5.69 Å². The SMILES string of the molecule is CC(=O)CCCOC(=O)c1ccc(-n2ccnc2)c([N+](=O)[O-])c1. The van der Waals surface area contributed by atoms with Gasteiger partial charge in [0.15, 0.2) is 0 Å². The van der Waals surface area contributed by atoms with Crippen LogP contribution in [0.15, 0.2) is 36.9 Å². The van der Waals surface area contributed by atoms with Crippen molar-refractivity contribution in [2.45, 2.75) is 19.8 Å². The summed E-state index contributed by atoms with van der Waals surface area (Å²) < 4.78 is 6.50. The zero-order chi connectivity index (χ0) is 16.8. The summed E-state index contributed by atoms with van der Waals surface area (Å²) in [5.74, 6) is -0.643. The summed E-state index contributed by atoms with van der Waals surface area (Å²) in [4.78, 5) is 37.2. The second-order valence-electron chi connectivity index (χ2n) is 4.87. The highest BCUT2D eigenvalue weighted by Crippen LogP contribution is 2.24. The second kappa shape index (κ2) is 7.30. The van der Waals surface area contributed by atoms with Crippen molar-refractivity contribution in [2.75, 3.05) is 6.61 Å². The van der Waals surface area contributed by atoms with Crippen LogP contribution in [0.1, 0.15) is 30.1 Å². The van der Waals surface area contributed by atoms with Crippen molar-refractivity contribution in [1.82, 2.24) is 9.55 Å². The van der Waals surface area contributed by atoms with E-state index in [0.717, 1.165) is 0 Å². The predicted octanol–water partition coefficient (Wildman–Crippen LogP) is 2.31. The minimum absolute atomic E-state index is 0.0152. The van der Waals surface area contributed by atoms with E-state index in [1.54, 1.807) is 6.20 Å². The van der Waals surface area contributed by atoms with E-state index in [0.29, 0.717) is 18.5 Å². The van der Waals surface area contributed by atoms with E-state index < -0.39 is 10.9 Å². The van der Waals surface area contributed by atoms with Crippen LogP contribution in [0.5, 0.6) is 0 Å². The molecule has 8 nitrogen and oxygen atoms in total. The standard InChI is InChI=1S/C15H15N3O5/c1-11(19)3-2-8-23-15(20)12-4-5-13(14(9-12)18(21)22)17-7-6-16-10-17/h4-7,9-10H,2-3,8H2,1H3. The number of hydrogen-bond acceptors (Lipinski definition) is 6. The van der Waals surface area contributed by atoms with Gasteiger partial charge >= 0.3 is 5.97 Å². The first-order valence-corrected chi connectivity index (χ1v) is 6.92. The number of nitrogens with zero attached hydrogens (tertiary/aromatic N) is 3. The Labute approximate surface area is 131 Å². The summed E-state index contributed by atoms with van der Waals surface area (Å²) in [6, 6.07) is 4.09. The number of benzene rings is 1. The monoisotopic (exact) mass is 317 g/mol. The Bertz CT molecular complexity index is 725. The molecule has 0 aliphatic carbocycles. The molecule has 23 heavy (non-hydrogen) atoms. The minimum atomic E-state index is -0.658. The number of carbonyl (C=O) groups is 2. The highest BCUT2D eigenvalue weighted by Gasteiger charge is 2.19. The fraction of sp³-hybridized carbons (Fsp3) is 0.267. The maximum Gasteiger partial charge on any atom is 0.338 e. The van der Waals surface area contributed by atoms with E-state index in [-0.39, 0.29) is 23.6 Å². The van der Waals surface area contributed by atoms with E-state index in [4.69, 9.17) is 4.74 Å². The summed E-state index contributed by atoms with van der Waals surface area (Å²) in [5, 5.41) is 11.2. The Hall–Kier alpha value is -3.03. The smallest absolute Gasteiger partial charge is 0.338 e. The molecule has 0 fully saturated rings. The highest BCUT2D eigenvalue weighted by atomic mass is 16.6. The van der Waals surface area contributed by atoms with Crippen LogP contribution in [0.2, 0.25) is 0 Å². The molecule has 2 aromatic rings. The number of rotatable bonds is 7. The van der Waals surface area contributed by atoms with E-state index >= 15 is 0 Å². The molecular formula is C15H15N3O5. The molecule has 1 aromatic heterocycles. The molecule has 1 heterocycles. The maximum atomic E-state index is 11.9. The molecule has 0 N–H and O–H groups in total. The third kappa shape index (κ3) is 4.22. The third-order valence-electron chi connectivity index (χ3n) is 3.10. The average Bonchev–Trinajstić information content (AvgIpc) is 3.04. The first-order chi connectivity index (χ1) is 11.0. The Morgan fingerprint density at radius 3 is 2.78 bits per heavy atom. The molecule has 8 heteroatoms. The van der Waals surface area contributed by atoms with Crippen molar-refractivity contribution in [3.8, 4) is 5.69 Å². The zero-order valence-corrected chi connectivity index (χ0v) is 12.5. The van der Waals surface area contributed by atoms with Gasteiger partial charge in [-0.25, -0.2) is 9.78 Å². The van der Waals surface area contributed by atoms with Gasteiger partial charge in [-0.2, -0.15) is 0 Å². The van der Waals surface area contributed by atoms with Gasteiger partial charge in [-0.15, -0.1) is 0 Å². The molecule has 0 aliphatic heterocycles. The van der Waals surface area contributed by atoms with Gasteiger partial charge in [-0.05, 0) is 25.5 Å². The van der Waals surface area contributed by atoms with Gasteiger partial charge in [0.05, 0.1) is 23.4 Å². The van der Waals surface area contributed by atoms with E-state index in [1.165, 1.54) is 42.2 Å². The zero-order valence-electron chi connectivity index (χ0n) is 12.5. The first kappa shape index (κ1) is 16.3. The average molecular weight is 317 g/mol. The highest BCUT2D eigenvalue weighted by molar-refractivity contribution is 5.90. The number of nitro groups is 1. The van der Waals surface area contributed by atoms with Crippen molar-refractivity contribution in [3.63, 3.8) is 0 Å². The number of nitro benzene ring substituents is 1. The Morgan fingerprint density at radius 2 is 2.17 bits per heavy atom. The van der Waals surface area contributed by atoms with Crippen LogP contribution in [0, 0.1) is 10.1 Å². The summed E-state index contributed by atoms with van der Waals surface area (Å²) in [7, 11) is 0. The molecule has 0 aliphatic rings. The van der Waals surface area contributed by atoms with Crippen molar-refractivity contribution >= 4 is 17.4 Å². The molecule has 0 atom stereocenters. The molecule has 0 radical (unpaired) electrons. The van der Waals surface area contributed by atoms with Gasteiger partial charge < -0.3 is 14.1 Å².